The van der Waals surface area contributed by atoms with Gasteiger partial charge in [0.2, 0.25) is 0 Å². The molecule has 6 nitrogen and oxygen atoms in total. The topological polar surface area (TPSA) is 78.9 Å². The zero-order valence-electron chi connectivity index (χ0n) is 12.2. The Labute approximate surface area is 137 Å². The summed E-state index contributed by atoms with van der Waals surface area (Å²) in [4.78, 5) is 26.5. The van der Waals surface area contributed by atoms with Gasteiger partial charge in [-0.2, -0.15) is 0 Å². The largest absolute Gasteiger partial charge is 0.336 e. The molecule has 7 heteroatoms. The number of carbonyl (C=O) groups is 1. The molecule has 1 aromatic heterocycles. The third-order valence-electron chi connectivity index (χ3n) is 3.39. The summed E-state index contributed by atoms with van der Waals surface area (Å²) in [5.41, 5.74) is 2.01. The molecule has 2 aromatic carbocycles. The molecular formula is C16H15ClN4O2. The van der Waals surface area contributed by atoms with Gasteiger partial charge in [0.25, 0.3) is 0 Å². The molecule has 0 aliphatic rings. The number of H-pyrrole nitrogens is 1. The number of nitrogens with one attached hydrogen (secondary N) is 3. The van der Waals surface area contributed by atoms with Crippen molar-refractivity contribution in [3.63, 3.8) is 0 Å². The quantitative estimate of drug-likeness (QED) is 0.687. The molecule has 0 spiro atoms. The number of benzene rings is 2. The monoisotopic (exact) mass is 330 g/mol. The Bertz CT molecular complexity index is 900. The lowest BCUT2D eigenvalue weighted by atomic mass is 10.3. The van der Waals surface area contributed by atoms with Crippen molar-refractivity contribution in [2.75, 3.05) is 11.9 Å². The molecule has 118 valence electrons. The van der Waals surface area contributed by atoms with Gasteiger partial charge in [-0.05, 0) is 30.3 Å². The molecule has 0 bridgehead atoms. The van der Waals surface area contributed by atoms with Crippen LogP contribution < -0.4 is 16.3 Å². The number of urea groups is 1. The standard InChI is InChI=1S/C16H15ClN4O2/c17-11-4-3-5-12(10-11)19-15(22)18-8-9-21-14-7-2-1-6-13(14)20-16(21)23/h1-7,10H,8-9H2,(H,20,23)(H2,18,19,22). The zero-order valence-corrected chi connectivity index (χ0v) is 12.9. The second kappa shape index (κ2) is 6.58. The van der Waals surface area contributed by atoms with E-state index in [0.29, 0.717) is 23.8 Å². The van der Waals surface area contributed by atoms with E-state index < -0.39 is 0 Å². The summed E-state index contributed by atoms with van der Waals surface area (Å²) < 4.78 is 1.59. The Hall–Kier alpha value is -2.73. The number of amides is 2. The number of anilines is 1. The van der Waals surface area contributed by atoms with Crippen molar-refractivity contribution in [2.45, 2.75) is 6.54 Å². The lowest BCUT2D eigenvalue weighted by Crippen LogP contribution is -2.33. The maximum atomic E-state index is 11.9. The molecule has 0 aliphatic carbocycles. The minimum Gasteiger partial charge on any atom is -0.336 e. The van der Waals surface area contributed by atoms with Crippen LogP contribution in [0, 0.1) is 0 Å². The van der Waals surface area contributed by atoms with Crippen molar-refractivity contribution in [3.8, 4) is 0 Å². The highest BCUT2D eigenvalue weighted by atomic mass is 35.5. The second-order valence-electron chi connectivity index (χ2n) is 4.99. The Morgan fingerprint density at radius 1 is 1.17 bits per heavy atom. The van der Waals surface area contributed by atoms with Crippen molar-refractivity contribution in [2.24, 2.45) is 0 Å². The van der Waals surface area contributed by atoms with Gasteiger partial charge >= 0.3 is 11.7 Å². The fraction of sp³-hybridized carbons (Fsp3) is 0.125. The summed E-state index contributed by atoms with van der Waals surface area (Å²) in [7, 11) is 0. The van der Waals surface area contributed by atoms with Gasteiger partial charge in [-0.25, -0.2) is 9.59 Å². The average molecular weight is 331 g/mol. The van der Waals surface area contributed by atoms with Gasteiger partial charge in [0, 0.05) is 23.8 Å². The van der Waals surface area contributed by atoms with Crippen LogP contribution in [0.1, 0.15) is 0 Å². The smallest absolute Gasteiger partial charge is 0.326 e. The number of rotatable bonds is 4. The first kappa shape index (κ1) is 15.2. The number of aromatic amines is 1. The molecule has 3 aromatic rings. The number of aromatic nitrogens is 2. The number of hydrogen-bond donors (Lipinski definition) is 3. The molecule has 0 unspecified atom stereocenters. The molecular weight excluding hydrogens is 316 g/mol. The number of carbonyl (C=O) groups excluding carboxylic acids is 1. The fourth-order valence-corrected chi connectivity index (χ4v) is 2.54. The number of para-hydroxylation sites is 2. The lowest BCUT2D eigenvalue weighted by Gasteiger charge is -2.08. The SMILES string of the molecule is O=C(NCCn1c(=O)[nH]c2ccccc21)Nc1cccc(Cl)c1. The lowest BCUT2D eigenvalue weighted by molar-refractivity contribution is 0.251. The van der Waals surface area contributed by atoms with Gasteiger partial charge in [0.05, 0.1) is 11.0 Å². The molecule has 2 amide bonds. The summed E-state index contributed by atoms with van der Waals surface area (Å²) in [6.07, 6.45) is 0. The number of halogens is 1. The average Bonchev–Trinajstić information content (AvgIpc) is 2.83. The molecule has 3 N–H and O–H groups in total. The van der Waals surface area contributed by atoms with Crippen LogP contribution in [0.5, 0.6) is 0 Å². The predicted molar refractivity (Wildman–Crippen MR) is 91.0 cm³/mol. The third kappa shape index (κ3) is 3.54. The Morgan fingerprint density at radius 2 is 2.00 bits per heavy atom. The highest BCUT2D eigenvalue weighted by molar-refractivity contribution is 6.30. The van der Waals surface area contributed by atoms with E-state index in [-0.39, 0.29) is 11.7 Å². The van der Waals surface area contributed by atoms with E-state index in [4.69, 9.17) is 11.6 Å². The highest BCUT2D eigenvalue weighted by Gasteiger charge is 2.06. The maximum absolute atomic E-state index is 11.9. The Balaban J connectivity index is 1.59. The molecule has 3 rings (SSSR count). The first-order valence-electron chi connectivity index (χ1n) is 7.11. The second-order valence-corrected chi connectivity index (χ2v) is 5.43. The summed E-state index contributed by atoms with van der Waals surface area (Å²) in [5, 5.41) is 5.95. The molecule has 0 saturated carbocycles. The van der Waals surface area contributed by atoms with Gasteiger partial charge in [-0.1, -0.05) is 29.8 Å². The Morgan fingerprint density at radius 3 is 2.83 bits per heavy atom. The maximum Gasteiger partial charge on any atom is 0.326 e. The van der Waals surface area contributed by atoms with Crippen LogP contribution in [0.2, 0.25) is 5.02 Å². The first-order valence-corrected chi connectivity index (χ1v) is 7.49. The van der Waals surface area contributed by atoms with E-state index >= 15 is 0 Å². The number of nitrogens with zero attached hydrogens (tertiary/aromatic N) is 1. The molecule has 0 fully saturated rings. The number of fused-ring (bicyclic) bond motifs is 1. The van der Waals surface area contributed by atoms with Crippen LogP contribution in [-0.4, -0.2) is 22.1 Å². The van der Waals surface area contributed by atoms with Crippen molar-refractivity contribution in [1.29, 1.82) is 0 Å². The minimum atomic E-state index is -0.347. The molecule has 0 aliphatic heterocycles. The summed E-state index contributed by atoms with van der Waals surface area (Å²) in [5.74, 6) is 0. The van der Waals surface area contributed by atoms with E-state index in [2.05, 4.69) is 15.6 Å². The van der Waals surface area contributed by atoms with Crippen LogP contribution in [-0.2, 0) is 6.54 Å². The van der Waals surface area contributed by atoms with Crippen LogP contribution in [0.15, 0.2) is 53.3 Å². The summed E-state index contributed by atoms with van der Waals surface area (Å²) in [6.45, 7) is 0.708. The third-order valence-corrected chi connectivity index (χ3v) is 3.62. The van der Waals surface area contributed by atoms with Crippen molar-refractivity contribution < 1.29 is 4.79 Å². The van der Waals surface area contributed by atoms with E-state index in [1.807, 2.05) is 24.3 Å². The van der Waals surface area contributed by atoms with Crippen LogP contribution in [0.4, 0.5) is 10.5 Å². The van der Waals surface area contributed by atoms with Crippen LogP contribution >= 0.6 is 11.6 Å². The van der Waals surface area contributed by atoms with Crippen molar-refractivity contribution >= 4 is 34.4 Å². The van der Waals surface area contributed by atoms with Crippen molar-refractivity contribution in [3.05, 3.63) is 64.0 Å². The Kier molecular flexibility index (Phi) is 4.34. The van der Waals surface area contributed by atoms with Gasteiger partial charge < -0.3 is 15.6 Å². The van der Waals surface area contributed by atoms with Gasteiger partial charge in [0.15, 0.2) is 0 Å². The van der Waals surface area contributed by atoms with Gasteiger partial charge in [-0.3, -0.25) is 4.57 Å². The van der Waals surface area contributed by atoms with Crippen LogP contribution in [0.25, 0.3) is 11.0 Å². The normalized spacial score (nSPS) is 10.7. The van der Waals surface area contributed by atoms with E-state index in [0.717, 1.165) is 11.0 Å². The predicted octanol–water partition coefficient (Wildman–Crippen LogP) is 2.80. The molecule has 0 saturated heterocycles. The highest BCUT2D eigenvalue weighted by Crippen LogP contribution is 2.14. The fourth-order valence-electron chi connectivity index (χ4n) is 2.35. The van der Waals surface area contributed by atoms with Gasteiger partial charge in [-0.15, -0.1) is 0 Å². The minimum absolute atomic E-state index is 0.191. The summed E-state index contributed by atoms with van der Waals surface area (Å²) in [6, 6.07) is 14.0. The molecule has 0 radical (unpaired) electrons. The summed E-state index contributed by atoms with van der Waals surface area (Å²) >= 11 is 5.86. The first-order chi connectivity index (χ1) is 11.1. The number of imidazole rings is 1. The van der Waals surface area contributed by atoms with E-state index in [9.17, 15) is 9.59 Å². The molecule has 1 heterocycles. The zero-order chi connectivity index (χ0) is 16.2. The van der Waals surface area contributed by atoms with Crippen LogP contribution in [0.3, 0.4) is 0 Å². The van der Waals surface area contributed by atoms with Crippen molar-refractivity contribution in [1.82, 2.24) is 14.9 Å². The van der Waals surface area contributed by atoms with Gasteiger partial charge in [0.1, 0.15) is 0 Å². The number of hydrogen-bond acceptors (Lipinski definition) is 2. The molecule has 23 heavy (non-hydrogen) atoms. The molecule has 0 atom stereocenters. The van der Waals surface area contributed by atoms with E-state index in [1.165, 1.54) is 0 Å². The van der Waals surface area contributed by atoms with E-state index in [1.54, 1.807) is 28.8 Å².